The van der Waals surface area contributed by atoms with Crippen molar-refractivity contribution in [2.45, 2.75) is 81.5 Å². The molecule has 34 heavy (non-hydrogen) atoms. The molecule has 178 valence electrons. The van der Waals surface area contributed by atoms with Crippen LogP contribution in [0.5, 0.6) is 0 Å². The molecule has 9 heteroatoms. The molecule has 0 radical (unpaired) electrons. The van der Waals surface area contributed by atoms with E-state index in [1.807, 2.05) is 23.9 Å². The van der Waals surface area contributed by atoms with Crippen LogP contribution in [-0.4, -0.2) is 37.5 Å². The molecule has 0 aromatic carbocycles. The maximum absolute atomic E-state index is 13.5. The number of rotatable bonds is 4. The number of aryl methyl sites for hydroxylation is 1. The molecule has 1 saturated heterocycles. The number of hydrogen-bond acceptors (Lipinski definition) is 5. The van der Waals surface area contributed by atoms with E-state index in [2.05, 4.69) is 21.3 Å². The Labute approximate surface area is 194 Å². The number of aromatic nitrogens is 5. The predicted octanol–water partition coefficient (Wildman–Crippen LogP) is 5.48. The number of pyridine rings is 1. The monoisotopic (exact) mass is 469 g/mol. The SMILES string of the molecule is Cc1cnc2c(C34CC(C(F)(F)F)(C3)C4)nc([C@@H]3CCO[C@H](c4cnn(C5CC5)c4)C3)cc2n1. The minimum absolute atomic E-state index is 0.0563. The van der Waals surface area contributed by atoms with E-state index < -0.39 is 17.0 Å². The summed E-state index contributed by atoms with van der Waals surface area (Å²) in [4.78, 5) is 14.3. The zero-order chi connectivity index (χ0) is 23.3. The third kappa shape index (κ3) is 2.98. The molecule has 0 unspecified atom stereocenters. The Bertz CT molecular complexity index is 1280. The summed E-state index contributed by atoms with van der Waals surface area (Å²) in [6, 6.07) is 2.51. The van der Waals surface area contributed by atoms with Crippen LogP contribution in [0.4, 0.5) is 13.2 Å². The molecule has 4 heterocycles. The van der Waals surface area contributed by atoms with Crippen LogP contribution in [0.3, 0.4) is 0 Å². The van der Waals surface area contributed by atoms with Gasteiger partial charge in [0.1, 0.15) is 5.52 Å². The second-order valence-electron chi connectivity index (χ2n) is 10.9. The van der Waals surface area contributed by atoms with Gasteiger partial charge in [-0.15, -0.1) is 0 Å². The normalized spacial score (nSPS) is 32.9. The molecule has 0 amide bonds. The lowest BCUT2D eigenvalue weighted by atomic mass is 9.34. The third-order valence-corrected chi connectivity index (χ3v) is 8.42. The van der Waals surface area contributed by atoms with E-state index >= 15 is 0 Å². The second kappa shape index (κ2) is 6.77. The number of fused-ring (bicyclic) bond motifs is 1. The first-order valence-corrected chi connectivity index (χ1v) is 12.1. The molecule has 0 N–H and O–H groups in total. The zero-order valence-electron chi connectivity index (χ0n) is 19.0. The highest BCUT2D eigenvalue weighted by molar-refractivity contribution is 5.79. The van der Waals surface area contributed by atoms with Crippen molar-refractivity contribution in [2.75, 3.05) is 6.61 Å². The molecular formula is C25H26F3N5O. The minimum atomic E-state index is -4.15. The highest BCUT2D eigenvalue weighted by Gasteiger charge is 2.79. The van der Waals surface area contributed by atoms with Gasteiger partial charge in [0.25, 0.3) is 0 Å². The van der Waals surface area contributed by atoms with Crippen LogP contribution in [0.2, 0.25) is 0 Å². The molecule has 5 fully saturated rings. The fourth-order valence-corrected chi connectivity index (χ4v) is 6.41. The molecule has 4 aliphatic carbocycles. The summed E-state index contributed by atoms with van der Waals surface area (Å²) < 4.78 is 48.7. The number of halogens is 3. The summed E-state index contributed by atoms with van der Waals surface area (Å²) in [5.74, 6) is 0.150. The second-order valence-corrected chi connectivity index (χ2v) is 10.9. The predicted molar refractivity (Wildman–Crippen MR) is 117 cm³/mol. The fourth-order valence-electron chi connectivity index (χ4n) is 6.41. The van der Waals surface area contributed by atoms with Gasteiger partial charge in [0.05, 0.1) is 40.7 Å². The first-order chi connectivity index (χ1) is 16.3. The van der Waals surface area contributed by atoms with Gasteiger partial charge in [-0.2, -0.15) is 18.3 Å². The fraction of sp³-hybridized carbons (Fsp3) is 0.600. The lowest BCUT2D eigenvalue weighted by Crippen LogP contribution is -2.70. The number of hydrogen-bond donors (Lipinski definition) is 0. The first-order valence-electron chi connectivity index (χ1n) is 12.1. The van der Waals surface area contributed by atoms with Crippen LogP contribution in [0, 0.1) is 12.3 Å². The highest BCUT2D eigenvalue weighted by Crippen LogP contribution is 2.78. The Kier molecular flexibility index (Phi) is 4.14. The Morgan fingerprint density at radius 2 is 1.88 bits per heavy atom. The molecule has 5 aliphatic rings. The van der Waals surface area contributed by atoms with Crippen molar-refractivity contribution in [3.63, 3.8) is 0 Å². The molecule has 3 aromatic heterocycles. The van der Waals surface area contributed by atoms with Gasteiger partial charge < -0.3 is 4.74 Å². The van der Waals surface area contributed by atoms with Gasteiger partial charge in [0.2, 0.25) is 0 Å². The van der Waals surface area contributed by atoms with Crippen molar-refractivity contribution in [1.29, 1.82) is 0 Å². The first kappa shape index (κ1) is 20.8. The van der Waals surface area contributed by atoms with Crippen molar-refractivity contribution in [1.82, 2.24) is 24.7 Å². The van der Waals surface area contributed by atoms with Gasteiger partial charge in [0, 0.05) is 41.6 Å². The number of ether oxygens (including phenoxy) is 1. The van der Waals surface area contributed by atoms with E-state index in [9.17, 15) is 13.2 Å². The quantitative estimate of drug-likeness (QED) is 0.506. The molecule has 8 rings (SSSR count). The summed E-state index contributed by atoms with van der Waals surface area (Å²) in [5, 5.41) is 4.51. The van der Waals surface area contributed by atoms with Crippen LogP contribution in [0.25, 0.3) is 11.0 Å². The summed E-state index contributed by atoms with van der Waals surface area (Å²) >= 11 is 0. The van der Waals surface area contributed by atoms with Gasteiger partial charge in [0.15, 0.2) is 0 Å². The summed E-state index contributed by atoms with van der Waals surface area (Å²) in [7, 11) is 0. The van der Waals surface area contributed by atoms with Crippen LogP contribution >= 0.6 is 0 Å². The van der Waals surface area contributed by atoms with Gasteiger partial charge in [-0.25, -0.2) is 4.98 Å². The van der Waals surface area contributed by atoms with Crippen LogP contribution in [0.15, 0.2) is 24.7 Å². The van der Waals surface area contributed by atoms with Crippen LogP contribution < -0.4 is 0 Å². The van der Waals surface area contributed by atoms with E-state index in [1.165, 1.54) is 12.8 Å². The minimum Gasteiger partial charge on any atom is -0.373 e. The third-order valence-electron chi connectivity index (χ3n) is 8.42. The molecule has 1 aliphatic heterocycles. The van der Waals surface area contributed by atoms with Crippen molar-refractivity contribution < 1.29 is 17.9 Å². The standard InChI is InChI=1S/C25H26F3N5O/c1-14-8-29-21-19(31-14)7-18(32-22(21)23-11-24(12-23,13-23)25(26,27)28)15-4-5-34-20(6-15)16-9-30-33(10-16)17-2-3-17/h7-10,15,17,20H,2-6,11-13H2,1H3/t15-,20+,23?,24?/m1/s1. The maximum atomic E-state index is 13.5. The van der Waals surface area contributed by atoms with Gasteiger partial charge >= 0.3 is 6.18 Å². The molecule has 0 spiro atoms. The van der Waals surface area contributed by atoms with Crippen molar-refractivity contribution >= 4 is 11.0 Å². The average Bonchev–Trinajstić information content (AvgIpc) is 3.47. The molecule has 6 nitrogen and oxygen atoms in total. The Morgan fingerprint density at radius 1 is 1.09 bits per heavy atom. The molecule has 4 saturated carbocycles. The Balaban J connectivity index is 1.22. The smallest absolute Gasteiger partial charge is 0.373 e. The summed E-state index contributed by atoms with van der Waals surface area (Å²) in [5.41, 5.74) is 2.82. The Hall–Kier alpha value is -2.55. The Morgan fingerprint density at radius 3 is 2.62 bits per heavy atom. The lowest BCUT2D eigenvalue weighted by Gasteiger charge is -2.70. The van der Waals surface area contributed by atoms with Crippen molar-refractivity contribution in [3.8, 4) is 0 Å². The van der Waals surface area contributed by atoms with Gasteiger partial charge in [-0.05, 0) is 57.9 Å². The lowest BCUT2D eigenvalue weighted by molar-refractivity contribution is -0.337. The van der Waals surface area contributed by atoms with E-state index in [1.54, 1.807) is 6.20 Å². The van der Waals surface area contributed by atoms with Crippen molar-refractivity contribution in [2.24, 2.45) is 5.41 Å². The molecule has 3 aromatic rings. The van der Waals surface area contributed by atoms with Crippen LogP contribution in [-0.2, 0) is 10.2 Å². The highest BCUT2D eigenvalue weighted by atomic mass is 19.4. The molecular weight excluding hydrogens is 443 g/mol. The van der Waals surface area contributed by atoms with E-state index in [-0.39, 0.29) is 31.3 Å². The topological polar surface area (TPSA) is 65.7 Å². The van der Waals surface area contributed by atoms with Crippen molar-refractivity contribution in [3.05, 3.63) is 47.3 Å². The average molecular weight is 470 g/mol. The zero-order valence-corrected chi connectivity index (χ0v) is 19.0. The summed E-state index contributed by atoms with van der Waals surface area (Å²) in [6.07, 6.45) is 5.76. The number of alkyl halides is 3. The largest absolute Gasteiger partial charge is 0.394 e. The van der Waals surface area contributed by atoms with E-state index in [0.717, 1.165) is 35.3 Å². The summed E-state index contributed by atoms with van der Waals surface area (Å²) in [6.45, 7) is 2.49. The van der Waals surface area contributed by atoms with E-state index in [0.29, 0.717) is 23.9 Å². The van der Waals surface area contributed by atoms with Gasteiger partial charge in [-0.3, -0.25) is 14.6 Å². The number of nitrogens with zero attached hydrogens (tertiary/aromatic N) is 5. The molecule has 2 bridgehead atoms. The van der Waals surface area contributed by atoms with Gasteiger partial charge in [-0.1, -0.05) is 0 Å². The maximum Gasteiger partial charge on any atom is 0.394 e. The van der Waals surface area contributed by atoms with E-state index in [4.69, 9.17) is 9.72 Å². The van der Waals surface area contributed by atoms with Crippen LogP contribution in [0.1, 0.15) is 85.7 Å². The molecule has 2 atom stereocenters.